The molecule has 16 nitrogen and oxygen atoms in total. The fourth-order valence-electron chi connectivity index (χ4n) is 9.18. The molecule has 336 valence electrons. The van der Waals surface area contributed by atoms with Crippen molar-refractivity contribution in [2.45, 2.75) is 70.3 Å². The summed E-state index contributed by atoms with van der Waals surface area (Å²) in [5.74, 6) is -1.26. The number of hydrogen-bond donors (Lipinski definition) is 2. The summed E-state index contributed by atoms with van der Waals surface area (Å²) in [5.41, 5.74) is 2.88. The summed E-state index contributed by atoms with van der Waals surface area (Å²) < 4.78 is 53.1. The second-order valence-electron chi connectivity index (χ2n) is 17.1. The lowest BCUT2D eigenvalue weighted by atomic mass is 9.87. The molecule has 0 radical (unpaired) electrons. The molecule has 0 aliphatic carbocycles. The lowest BCUT2D eigenvalue weighted by molar-refractivity contribution is -0.135. The molecule has 3 fully saturated rings. The van der Waals surface area contributed by atoms with Crippen LogP contribution in [0.4, 0.5) is 10.1 Å². The molecule has 3 saturated heterocycles. The predicted octanol–water partition coefficient (Wildman–Crippen LogP) is 5.33. The van der Waals surface area contributed by atoms with Crippen LogP contribution in [0.15, 0.2) is 65.8 Å². The molecule has 0 spiro atoms. The first-order valence-corrected chi connectivity index (χ1v) is 23.2. The molecule has 1 atom stereocenters. The Bertz CT molecular complexity index is 2840. The number of benzene rings is 3. The van der Waals surface area contributed by atoms with Crippen LogP contribution >= 0.6 is 0 Å². The van der Waals surface area contributed by atoms with E-state index in [9.17, 15) is 32.9 Å². The lowest BCUT2D eigenvalue weighted by Crippen LogP contribution is -2.46. The average Bonchev–Trinajstić information content (AvgIpc) is 3.62. The fraction of sp³-hybridized carbons (Fsp3) is 0.435. The van der Waals surface area contributed by atoms with Gasteiger partial charge in [0.25, 0.3) is 5.56 Å². The smallest absolute Gasteiger partial charge is 0.301 e. The number of fused-ring (bicyclic) bond motifs is 2. The number of likely N-dealkylation sites (tertiary alicyclic amines) is 2. The number of piperidine rings is 3. The van der Waals surface area contributed by atoms with Gasteiger partial charge >= 0.3 is 10.2 Å². The van der Waals surface area contributed by atoms with Crippen LogP contribution in [-0.2, 0) is 38.2 Å². The zero-order valence-corrected chi connectivity index (χ0v) is 37.0. The highest BCUT2D eigenvalue weighted by atomic mass is 32.2. The molecule has 3 amide bonds. The number of amides is 3. The Hall–Kier alpha value is -6.16. The van der Waals surface area contributed by atoms with E-state index in [2.05, 4.69) is 42.7 Å². The van der Waals surface area contributed by atoms with E-state index >= 15 is 4.39 Å². The van der Waals surface area contributed by atoms with Crippen molar-refractivity contribution >= 4 is 55.4 Å². The maximum Gasteiger partial charge on any atom is 0.301 e. The van der Waals surface area contributed by atoms with Crippen molar-refractivity contribution in [2.75, 3.05) is 51.0 Å². The molecular weight excluding hydrogens is 842 g/mol. The van der Waals surface area contributed by atoms with Crippen molar-refractivity contribution in [3.8, 4) is 17.6 Å². The summed E-state index contributed by atoms with van der Waals surface area (Å²) >= 11 is 0. The van der Waals surface area contributed by atoms with E-state index in [-0.39, 0.29) is 58.1 Å². The van der Waals surface area contributed by atoms with Crippen LogP contribution in [0, 0.1) is 23.1 Å². The molecule has 1 unspecified atom stereocenters. The van der Waals surface area contributed by atoms with Crippen molar-refractivity contribution in [3.63, 3.8) is 0 Å². The number of carbonyl (C=O) groups excluding carboxylic acids is 3. The van der Waals surface area contributed by atoms with E-state index < -0.39 is 21.8 Å². The summed E-state index contributed by atoms with van der Waals surface area (Å²) in [7, 11) is -0.657. The molecule has 3 aliphatic rings. The molecule has 0 saturated carbocycles. The first-order valence-electron chi connectivity index (χ1n) is 21.8. The maximum atomic E-state index is 15.1. The van der Waals surface area contributed by atoms with Gasteiger partial charge in [-0.1, -0.05) is 19.1 Å². The number of nitrogens with one attached hydrogen (secondary N) is 2. The van der Waals surface area contributed by atoms with Crippen LogP contribution in [0.5, 0.6) is 11.5 Å². The molecule has 2 aromatic heterocycles. The number of hydrogen-bond acceptors (Lipinski definition) is 10. The van der Waals surface area contributed by atoms with E-state index in [1.165, 1.54) is 35.6 Å². The topological polar surface area (TPSA) is 192 Å². The Morgan fingerprint density at radius 2 is 1.78 bits per heavy atom. The number of imide groups is 1. The molecule has 5 heterocycles. The fourth-order valence-corrected chi connectivity index (χ4v) is 10.1. The summed E-state index contributed by atoms with van der Waals surface area (Å²) in [6.45, 7) is 5.58. The third-order valence-corrected chi connectivity index (χ3v) is 14.7. The Balaban J connectivity index is 0.824. The number of anilines is 1. The van der Waals surface area contributed by atoms with Crippen LogP contribution < -0.4 is 20.3 Å². The third-order valence-electron chi connectivity index (χ3n) is 13.2. The quantitative estimate of drug-likeness (QED) is 0.146. The van der Waals surface area contributed by atoms with Gasteiger partial charge in [0.1, 0.15) is 17.4 Å². The molecule has 64 heavy (non-hydrogen) atoms. The standard InChI is InChI=1S/C46H52FN9O7S/c1-4-53(3)64(61,62)51-40-11-9-38(47)44(36(40)25-48)63-32-6-10-39-35(24-32)46(60)56(28-49-39)22-15-29-13-20-55(21-14-29)43(58)27-54-18-16-30(17-19-54)31-5-7-33-37(26-52(2)41(33)23-31)34-8-12-42(57)50-45(34)59/h5-7,9-11,23-24,26,28-30,34,51H,4,8,12-22,27H2,1-3H3,(H,50,57,59). The van der Waals surface area contributed by atoms with Gasteiger partial charge in [0.15, 0.2) is 11.6 Å². The van der Waals surface area contributed by atoms with Crippen LogP contribution in [-0.4, -0.2) is 101 Å². The Labute approximate surface area is 370 Å². The molecule has 2 N–H and O–H groups in total. The lowest BCUT2D eigenvalue weighted by Gasteiger charge is -2.36. The Kier molecular flexibility index (Phi) is 12.9. The first kappa shape index (κ1) is 44.4. The van der Waals surface area contributed by atoms with Gasteiger partial charge in [-0.15, -0.1) is 0 Å². The van der Waals surface area contributed by atoms with E-state index in [1.54, 1.807) is 13.0 Å². The van der Waals surface area contributed by atoms with Gasteiger partial charge in [-0.2, -0.15) is 18.0 Å². The van der Waals surface area contributed by atoms with Gasteiger partial charge in [-0.05, 0) is 111 Å². The van der Waals surface area contributed by atoms with E-state index in [1.807, 2.05) is 24.2 Å². The Morgan fingerprint density at radius 3 is 2.50 bits per heavy atom. The summed E-state index contributed by atoms with van der Waals surface area (Å²) in [4.78, 5) is 60.1. The number of ether oxygens (including phenoxy) is 1. The van der Waals surface area contributed by atoms with Crippen LogP contribution in [0.2, 0.25) is 0 Å². The number of rotatable bonds is 13. The van der Waals surface area contributed by atoms with Crippen LogP contribution in [0.3, 0.4) is 0 Å². The van der Waals surface area contributed by atoms with Gasteiger partial charge in [-0.3, -0.25) is 38.7 Å². The van der Waals surface area contributed by atoms with Gasteiger partial charge in [0.05, 0.1) is 35.4 Å². The molecular formula is C46H52FN9O7S. The van der Waals surface area contributed by atoms with Gasteiger partial charge < -0.3 is 14.2 Å². The molecule has 18 heteroatoms. The second-order valence-corrected chi connectivity index (χ2v) is 18.9. The molecule has 8 rings (SSSR count). The van der Waals surface area contributed by atoms with E-state index in [0.717, 1.165) is 78.1 Å². The number of aromatic nitrogens is 3. The number of halogens is 1. The number of carbonyl (C=O) groups is 3. The highest BCUT2D eigenvalue weighted by Crippen LogP contribution is 2.37. The second kappa shape index (κ2) is 18.5. The van der Waals surface area contributed by atoms with Crippen molar-refractivity contribution in [1.82, 2.24) is 33.5 Å². The third kappa shape index (κ3) is 9.24. The minimum atomic E-state index is -4.01. The van der Waals surface area contributed by atoms with Crippen LogP contribution in [0.25, 0.3) is 21.8 Å². The summed E-state index contributed by atoms with van der Waals surface area (Å²) in [6.07, 6.45) is 8.63. The molecule has 3 aliphatic heterocycles. The highest BCUT2D eigenvalue weighted by molar-refractivity contribution is 7.90. The zero-order valence-electron chi connectivity index (χ0n) is 36.2. The van der Waals surface area contributed by atoms with Crippen molar-refractivity contribution in [2.24, 2.45) is 13.0 Å². The molecule has 5 aromatic rings. The van der Waals surface area contributed by atoms with Crippen molar-refractivity contribution < 1.29 is 31.9 Å². The number of nitriles is 1. The minimum absolute atomic E-state index is 0.0694. The largest absolute Gasteiger partial charge is 0.453 e. The van der Waals surface area contributed by atoms with Crippen molar-refractivity contribution in [3.05, 3.63) is 93.9 Å². The zero-order chi connectivity index (χ0) is 45.3. The molecule has 3 aromatic carbocycles. The highest BCUT2D eigenvalue weighted by Gasteiger charge is 2.32. The molecule has 0 bridgehead atoms. The van der Waals surface area contributed by atoms with Gasteiger partial charge in [0, 0.05) is 63.8 Å². The van der Waals surface area contributed by atoms with Gasteiger partial charge in [-0.25, -0.2) is 9.37 Å². The number of aryl methyl sites for hydroxylation is 2. The van der Waals surface area contributed by atoms with Crippen LogP contribution in [0.1, 0.15) is 80.4 Å². The van der Waals surface area contributed by atoms with Gasteiger partial charge in [0.2, 0.25) is 17.7 Å². The monoisotopic (exact) mass is 893 g/mol. The summed E-state index contributed by atoms with van der Waals surface area (Å²) in [5, 5.41) is 13.6. The van der Waals surface area contributed by atoms with Crippen molar-refractivity contribution in [1.29, 1.82) is 5.26 Å². The SMILES string of the molecule is CCN(C)S(=O)(=O)Nc1ccc(F)c(Oc2ccc3ncn(CCC4CCN(C(=O)CN5CCC(c6ccc7c(C8CCC(=O)NC8=O)cn(C)c7c6)CC5)CC4)c(=O)c3c2)c1C#N. The maximum absolute atomic E-state index is 15.1. The van der Waals surface area contributed by atoms with E-state index in [0.29, 0.717) is 56.4 Å². The summed E-state index contributed by atoms with van der Waals surface area (Å²) in [6, 6.07) is 15.0. The van der Waals surface area contributed by atoms with E-state index in [4.69, 9.17) is 4.74 Å². The number of nitrogens with zero attached hydrogens (tertiary/aromatic N) is 7. The normalized spacial score (nSPS) is 18.1. The average molecular weight is 894 g/mol. The minimum Gasteiger partial charge on any atom is -0.453 e. The Morgan fingerprint density at radius 1 is 1.02 bits per heavy atom. The predicted molar refractivity (Wildman–Crippen MR) is 238 cm³/mol. The first-order chi connectivity index (χ1) is 30.7.